The van der Waals surface area contributed by atoms with Crippen LogP contribution in [0, 0.1) is 5.41 Å². The zero-order chi connectivity index (χ0) is 22.0. The van der Waals surface area contributed by atoms with Gasteiger partial charge in [0.15, 0.2) is 0 Å². The first-order valence-corrected chi connectivity index (χ1v) is 10.5. The fourth-order valence-corrected chi connectivity index (χ4v) is 5.66. The number of nitrogens with zero attached hydrogens (tertiary/aromatic N) is 2. The standard InChI is InChI=1S/C25H25N3O3/c1-23(2)24(3)13-14-25(23,20-19(24)26-17-11-7-8-12-18(17)27-20)22(30)28-16-10-6-5-9-15(16)21(29)31-4/h5-12H,13-14H2,1-4H3,(H,28,30)/t24-,25+/m0/s1. The molecule has 3 aromatic rings. The van der Waals surface area contributed by atoms with Gasteiger partial charge in [-0.05, 0) is 42.5 Å². The Morgan fingerprint density at radius 3 is 2.19 bits per heavy atom. The van der Waals surface area contributed by atoms with Gasteiger partial charge in [0.25, 0.3) is 0 Å². The zero-order valence-corrected chi connectivity index (χ0v) is 18.2. The second-order valence-corrected chi connectivity index (χ2v) is 9.26. The fraction of sp³-hybridized carbons (Fsp3) is 0.360. The highest BCUT2D eigenvalue weighted by atomic mass is 16.5. The highest BCUT2D eigenvalue weighted by molar-refractivity contribution is 6.06. The molecule has 2 aromatic carbocycles. The Balaban J connectivity index is 1.67. The molecule has 1 heterocycles. The number of anilines is 1. The summed E-state index contributed by atoms with van der Waals surface area (Å²) in [7, 11) is 1.33. The summed E-state index contributed by atoms with van der Waals surface area (Å²) in [6.45, 7) is 6.47. The van der Waals surface area contributed by atoms with E-state index in [1.807, 2.05) is 24.3 Å². The minimum atomic E-state index is -0.836. The first-order valence-electron chi connectivity index (χ1n) is 10.5. The van der Waals surface area contributed by atoms with Gasteiger partial charge in [-0.1, -0.05) is 45.0 Å². The molecule has 1 amide bonds. The van der Waals surface area contributed by atoms with E-state index in [-0.39, 0.29) is 11.3 Å². The molecular formula is C25H25N3O3. The number of aromatic nitrogens is 2. The van der Waals surface area contributed by atoms with Gasteiger partial charge in [0.05, 0.1) is 46.2 Å². The van der Waals surface area contributed by atoms with E-state index in [9.17, 15) is 9.59 Å². The van der Waals surface area contributed by atoms with Crippen LogP contribution in [0.3, 0.4) is 0 Å². The van der Waals surface area contributed by atoms with Crippen molar-refractivity contribution >= 4 is 28.6 Å². The molecule has 0 saturated heterocycles. The number of fused-ring (bicyclic) bond motifs is 6. The van der Waals surface area contributed by atoms with Crippen LogP contribution >= 0.6 is 0 Å². The summed E-state index contributed by atoms with van der Waals surface area (Å²) in [5.74, 6) is -0.637. The van der Waals surface area contributed by atoms with Crippen LogP contribution in [0.15, 0.2) is 48.5 Å². The van der Waals surface area contributed by atoms with E-state index >= 15 is 0 Å². The molecule has 6 heteroatoms. The van der Waals surface area contributed by atoms with Crippen LogP contribution in [-0.4, -0.2) is 29.0 Å². The number of ether oxygens (including phenoxy) is 1. The number of nitrogens with one attached hydrogen (secondary N) is 1. The number of rotatable bonds is 3. The Morgan fingerprint density at radius 2 is 1.52 bits per heavy atom. The van der Waals surface area contributed by atoms with Crippen molar-refractivity contribution in [2.24, 2.45) is 5.41 Å². The summed E-state index contributed by atoms with van der Waals surface area (Å²) in [4.78, 5) is 36.2. The highest BCUT2D eigenvalue weighted by Gasteiger charge is 2.73. The van der Waals surface area contributed by atoms with Gasteiger partial charge >= 0.3 is 5.97 Å². The number of methoxy groups -OCH3 is 1. The molecular weight excluding hydrogens is 390 g/mol. The van der Waals surface area contributed by atoms with E-state index in [0.29, 0.717) is 17.7 Å². The molecule has 1 fully saturated rings. The van der Waals surface area contributed by atoms with E-state index in [0.717, 1.165) is 28.8 Å². The molecule has 31 heavy (non-hydrogen) atoms. The molecule has 0 radical (unpaired) electrons. The van der Waals surface area contributed by atoms with Crippen molar-refractivity contribution in [3.8, 4) is 0 Å². The number of hydrogen-bond acceptors (Lipinski definition) is 5. The zero-order valence-electron chi connectivity index (χ0n) is 18.2. The minimum absolute atomic E-state index is 0.152. The number of carbonyl (C=O) groups is 2. The Kier molecular flexibility index (Phi) is 4.04. The lowest BCUT2D eigenvalue weighted by Gasteiger charge is -2.39. The lowest BCUT2D eigenvalue weighted by molar-refractivity contribution is -0.125. The number of esters is 1. The van der Waals surface area contributed by atoms with Gasteiger partial charge in [0.1, 0.15) is 0 Å². The lowest BCUT2D eigenvalue weighted by atomic mass is 9.63. The summed E-state index contributed by atoms with van der Waals surface area (Å²) in [6.07, 6.45) is 1.54. The third kappa shape index (κ3) is 2.33. The summed E-state index contributed by atoms with van der Waals surface area (Å²) >= 11 is 0. The Morgan fingerprint density at radius 1 is 0.903 bits per heavy atom. The van der Waals surface area contributed by atoms with Crippen molar-refractivity contribution in [2.45, 2.75) is 44.4 Å². The SMILES string of the molecule is COC(=O)c1ccccc1NC(=O)[C@@]12CC[C@@](C)(c3nc4ccccc4nc31)C2(C)C. The van der Waals surface area contributed by atoms with Crippen molar-refractivity contribution in [3.05, 3.63) is 65.5 Å². The molecule has 2 aliphatic carbocycles. The molecule has 1 saturated carbocycles. The topological polar surface area (TPSA) is 81.2 Å². The van der Waals surface area contributed by atoms with Gasteiger partial charge in [0, 0.05) is 5.41 Å². The van der Waals surface area contributed by atoms with Crippen LogP contribution < -0.4 is 5.32 Å². The maximum atomic E-state index is 14.0. The molecule has 1 aromatic heterocycles. The van der Waals surface area contributed by atoms with Crippen LogP contribution in [0.1, 0.15) is 55.4 Å². The molecule has 1 N–H and O–H groups in total. The second kappa shape index (κ2) is 6.36. The number of benzene rings is 2. The maximum Gasteiger partial charge on any atom is 0.339 e. The first kappa shape index (κ1) is 19.7. The molecule has 158 valence electrons. The van der Waals surface area contributed by atoms with E-state index in [1.165, 1.54) is 7.11 Å². The molecule has 6 nitrogen and oxygen atoms in total. The average Bonchev–Trinajstić information content (AvgIpc) is 3.07. The van der Waals surface area contributed by atoms with Gasteiger partial charge in [0.2, 0.25) is 5.91 Å². The minimum Gasteiger partial charge on any atom is -0.465 e. The fourth-order valence-electron chi connectivity index (χ4n) is 5.66. The van der Waals surface area contributed by atoms with Crippen molar-refractivity contribution in [3.63, 3.8) is 0 Å². The summed E-state index contributed by atoms with van der Waals surface area (Å²) < 4.78 is 4.89. The Bertz CT molecular complexity index is 1250. The van der Waals surface area contributed by atoms with Crippen LogP contribution in [0.4, 0.5) is 5.69 Å². The van der Waals surface area contributed by atoms with Crippen LogP contribution in [-0.2, 0) is 20.4 Å². The summed E-state index contributed by atoms with van der Waals surface area (Å²) in [5, 5.41) is 3.04. The smallest absolute Gasteiger partial charge is 0.339 e. The molecule has 0 unspecified atom stereocenters. The molecule has 2 atom stereocenters. The third-order valence-electron chi connectivity index (χ3n) is 7.91. The Labute approximate surface area is 181 Å². The predicted octanol–water partition coefficient (Wildman–Crippen LogP) is 4.38. The quantitative estimate of drug-likeness (QED) is 0.642. The highest BCUT2D eigenvalue weighted by Crippen LogP contribution is 2.70. The number of amides is 1. The van der Waals surface area contributed by atoms with Gasteiger partial charge in [-0.25, -0.2) is 14.8 Å². The first-order chi connectivity index (χ1) is 14.8. The predicted molar refractivity (Wildman–Crippen MR) is 118 cm³/mol. The normalized spacial score (nSPS) is 25.3. The maximum absolute atomic E-state index is 14.0. The molecule has 5 rings (SSSR count). The van der Waals surface area contributed by atoms with E-state index in [1.54, 1.807) is 24.3 Å². The van der Waals surface area contributed by atoms with E-state index in [4.69, 9.17) is 14.7 Å². The van der Waals surface area contributed by atoms with Crippen molar-refractivity contribution in [2.75, 3.05) is 12.4 Å². The van der Waals surface area contributed by atoms with Crippen molar-refractivity contribution in [1.82, 2.24) is 9.97 Å². The van der Waals surface area contributed by atoms with Crippen molar-refractivity contribution < 1.29 is 14.3 Å². The molecule has 2 aliphatic rings. The molecule has 0 aliphatic heterocycles. The van der Waals surface area contributed by atoms with Gasteiger partial charge in [-0.2, -0.15) is 0 Å². The van der Waals surface area contributed by atoms with Crippen LogP contribution in [0.2, 0.25) is 0 Å². The summed E-state index contributed by atoms with van der Waals surface area (Å²) in [6, 6.07) is 14.7. The van der Waals surface area contributed by atoms with Gasteiger partial charge < -0.3 is 10.1 Å². The lowest BCUT2D eigenvalue weighted by Crippen LogP contribution is -2.48. The monoisotopic (exact) mass is 415 g/mol. The Hall–Kier alpha value is -3.28. The van der Waals surface area contributed by atoms with Crippen molar-refractivity contribution in [1.29, 1.82) is 0 Å². The molecule has 2 bridgehead atoms. The largest absolute Gasteiger partial charge is 0.465 e. The molecule has 0 spiro atoms. The number of para-hydroxylation sites is 3. The van der Waals surface area contributed by atoms with E-state index < -0.39 is 16.8 Å². The van der Waals surface area contributed by atoms with Crippen LogP contribution in [0.25, 0.3) is 11.0 Å². The number of hydrogen-bond donors (Lipinski definition) is 1. The van der Waals surface area contributed by atoms with Gasteiger partial charge in [-0.3, -0.25) is 4.79 Å². The second-order valence-electron chi connectivity index (χ2n) is 9.26. The summed E-state index contributed by atoms with van der Waals surface area (Å²) in [5.41, 5.74) is 2.58. The van der Waals surface area contributed by atoms with Gasteiger partial charge in [-0.15, -0.1) is 0 Å². The number of carbonyl (C=O) groups excluding carboxylic acids is 2. The third-order valence-corrected chi connectivity index (χ3v) is 7.91. The van der Waals surface area contributed by atoms with Crippen LogP contribution in [0.5, 0.6) is 0 Å². The van der Waals surface area contributed by atoms with E-state index in [2.05, 4.69) is 26.1 Å². The average molecular weight is 415 g/mol.